The van der Waals surface area contributed by atoms with E-state index in [0.29, 0.717) is 0 Å². The molecule has 0 saturated carbocycles. The summed E-state index contributed by atoms with van der Waals surface area (Å²) in [5.74, 6) is 0. The summed E-state index contributed by atoms with van der Waals surface area (Å²) in [6, 6.07) is 26.8. The van der Waals surface area contributed by atoms with Crippen LogP contribution in [-0.4, -0.2) is 0 Å². The predicted molar refractivity (Wildman–Crippen MR) is 96.8 cm³/mol. The van der Waals surface area contributed by atoms with Gasteiger partial charge < -0.3 is 5.32 Å². The molecule has 1 N–H and O–H groups in total. The Kier molecular flexibility index (Phi) is 4.62. The molecule has 0 amide bonds. The lowest BCUT2D eigenvalue weighted by atomic mass is 10.2. The highest BCUT2D eigenvalue weighted by atomic mass is 32.2. The predicted octanol–water partition coefficient (Wildman–Crippen LogP) is 6.22. The smallest absolute Gasteiger partial charge is 0.0526 e. The van der Waals surface area contributed by atoms with Crippen LogP contribution in [0.5, 0.6) is 0 Å². The highest BCUT2D eigenvalue weighted by Crippen LogP contribution is 2.43. The molecule has 1 aliphatic rings. The molecule has 1 heterocycles. The molecule has 0 bridgehead atoms. The first kappa shape index (κ1) is 14.5. The van der Waals surface area contributed by atoms with Gasteiger partial charge in [-0.15, -0.1) is 0 Å². The Morgan fingerprint density at radius 2 is 1.18 bits per heavy atom. The van der Waals surface area contributed by atoms with Crippen molar-refractivity contribution in [3.8, 4) is 0 Å². The maximum Gasteiger partial charge on any atom is 0.0526 e. The van der Waals surface area contributed by atoms with Crippen LogP contribution in [0.1, 0.15) is 5.56 Å². The van der Waals surface area contributed by atoms with Gasteiger partial charge in [-0.2, -0.15) is 0 Å². The Morgan fingerprint density at radius 3 is 1.68 bits per heavy atom. The molecule has 0 spiro atoms. The second kappa shape index (κ2) is 7.01. The average molecular weight is 303 g/mol. The minimum Gasteiger partial charge on any atom is -0.354 e. The largest absolute Gasteiger partial charge is 0.354 e. The Labute approximate surface area is 135 Å². The number of rotatable bonds is 1. The monoisotopic (exact) mass is 303 g/mol. The fraction of sp³-hybridized carbons (Fsp3) is 0. The Bertz CT molecular complexity index is 678. The van der Waals surface area contributed by atoms with Gasteiger partial charge in [-0.25, -0.2) is 0 Å². The zero-order valence-electron chi connectivity index (χ0n) is 12.2. The molecule has 0 unspecified atom stereocenters. The molecule has 2 heteroatoms. The molecule has 1 aliphatic heterocycles. The maximum absolute atomic E-state index is 3.63. The van der Waals surface area contributed by atoms with E-state index >= 15 is 0 Å². The molecule has 0 atom stereocenters. The van der Waals surface area contributed by atoms with Crippen LogP contribution in [0.25, 0.3) is 6.08 Å². The zero-order valence-corrected chi connectivity index (χ0v) is 13.0. The van der Waals surface area contributed by atoms with Crippen LogP contribution in [0.15, 0.2) is 95.2 Å². The van der Waals surface area contributed by atoms with E-state index in [9.17, 15) is 0 Å². The van der Waals surface area contributed by atoms with Gasteiger partial charge in [0.15, 0.2) is 0 Å². The molecule has 1 nitrogen and oxygen atoms in total. The number of fused-ring (bicyclic) bond motifs is 2. The summed E-state index contributed by atoms with van der Waals surface area (Å²) < 4.78 is 0. The number of para-hydroxylation sites is 2. The number of nitrogens with one attached hydrogen (secondary N) is 1. The quantitative estimate of drug-likeness (QED) is 0.447. The highest BCUT2D eigenvalue weighted by Gasteiger charge is 2.13. The topological polar surface area (TPSA) is 12.0 Å². The summed E-state index contributed by atoms with van der Waals surface area (Å²) >= 11 is 1.82. The molecule has 3 aromatic rings. The van der Waals surface area contributed by atoms with Crippen LogP contribution in [0, 0.1) is 0 Å². The molecule has 0 fully saturated rings. The summed E-state index contributed by atoms with van der Waals surface area (Å²) in [6.07, 6.45) is 1.83. The maximum atomic E-state index is 3.63. The van der Waals surface area contributed by atoms with Gasteiger partial charge in [-0.3, -0.25) is 0 Å². The van der Waals surface area contributed by atoms with E-state index in [0.717, 1.165) is 0 Å². The summed E-state index contributed by atoms with van der Waals surface area (Å²) in [5, 5.41) is 3.42. The SMILES string of the molecule is C=Cc1ccccc1.c1ccc2c(c1)Nc1ccccc1S2. The third-order valence-corrected chi connectivity index (χ3v) is 4.45. The highest BCUT2D eigenvalue weighted by molar-refractivity contribution is 7.99. The second-order valence-electron chi connectivity index (χ2n) is 4.83. The average Bonchev–Trinajstić information content (AvgIpc) is 2.61. The molecule has 0 radical (unpaired) electrons. The summed E-state index contributed by atoms with van der Waals surface area (Å²) in [6.45, 7) is 3.63. The number of benzene rings is 3. The van der Waals surface area contributed by atoms with Crippen LogP contribution in [0.2, 0.25) is 0 Å². The first-order chi connectivity index (χ1) is 10.9. The third kappa shape index (κ3) is 3.41. The molecule has 108 valence electrons. The van der Waals surface area contributed by atoms with E-state index in [2.05, 4.69) is 60.4 Å². The van der Waals surface area contributed by atoms with Crippen LogP contribution in [-0.2, 0) is 0 Å². The van der Waals surface area contributed by atoms with E-state index in [4.69, 9.17) is 0 Å². The lowest BCUT2D eigenvalue weighted by Crippen LogP contribution is -1.98. The van der Waals surface area contributed by atoms with Gasteiger partial charge in [-0.1, -0.05) is 79.0 Å². The van der Waals surface area contributed by atoms with Gasteiger partial charge in [0.1, 0.15) is 0 Å². The normalized spacial score (nSPS) is 11.1. The first-order valence-corrected chi connectivity index (χ1v) is 7.99. The van der Waals surface area contributed by atoms with Crippen LogP contribution in [0.4, 0.5) is 11.4 Å². The van der Waals surface area contributed by atoms with Gasteiger partial charge >= 0.3 is 0 Å². The van der Waals surface area contributed by atoms with Crippen molar-refractivity contribution in [2.24, 2.45) is 0 Å². The zero-order chi connectivity index (χ0) is 15.2. The van der Waals surface area contributed by atoms with Gasteiger partial charge in [0.2, 0.25) is 0 Å². The van der Waals surface area contributed by atoms with Crippen molar-refractivity contribution in [1.82, 2.24) is 0 Å². The van der Waals surface area contributed by atoms with Gasteiger partial charge in [-0.05, 0) is 29.8 Å². The summed E-state index contributed by atoms with van der Waals surface area (Å²) in [4.78, 5) is 2.59. The van der Waals surface area contributed by atoms with Crippen LogP contribution >= 0.6 is 11.8 Å². The molecule has 22 heavy (non-hydrogen) atoms. The van der Waals surface area contributed by atoms with Gasteiger partial charge in [0, 0.05) is 9.79 Å². The molecule has 0 aromatic heterocycles. The van der Waals surface area contributed by atoms with Crippen molar-refractivity contribution in [2.75, 3.05) is 5.32 Å². The fourth-order valence-electron chi connectivity index (χ4n) is 2.17. The molecule has 4 rings (SSSR count). The second-order valence-corrected chi connectivity index (χ2v) is 5.92. The van der Waals surface area contributed by atoms with Crippen LogP contribution in [0.3, 0.4) is 0 Å². The van der Waals surface area contributed by atoms with Crippen molar-refractivity contribution in [2.45, 2.75) is 9.79 Å². The Hall–Kier alpha value is -2.45. The molecule has 0 saturated heterocycles. The Balaban J connectivity index is 0.000000154. The van der Waals surface area contributed by atoms with Crippen LogP contribution < -0.4 is 5.32 Å². The lowest BCUT2D eigenvalue weighted by Gasteiger charge is -2.19. The van der Waals surface area contributed by atoms with Crippen molar-refractivity contribution in [3.63, 3.8) is 0 Å². The number of anilines is 2. The van der Waals surface area contributed by atoms with Crippen molar-refractivity contribution in [1.29, 1.82) is 0 Å². The van der Waals surface area contributed by atoms with Gasteiger partial charge in [0.25, 0.3) is 0 Å². The van der Waals surface area contributed by atoms with E-state index < -0.39 is 0 Å². The van der Waals surface area contributed by atoms with E-state index in [1.165, 1.54) is 26.7 Å². The minimum absolute atomic E-state index is 1.17. The molecule has 0 aliphatic carbocycles. The molecule has 3 aromatic carbocycles. The molecular weight excluding hydrogens is 286 g/mol. The van der Waals surface area contributed by atoms with Crippen molar-refractivity contribution in [3.05, 3.63) is 91.0 Å². The lowest BCUT2D eigenvalue weighted by molar-refractivity contribution is 1.32. The van der Waals surface area contributed by atoms with E-state index in [1.807, 2.05) is 48.2 Å². The first-order valence-electron chi connectivity index (χ1n) is 7.17. The minimum atomic E-state index is 1.17. The summed E-state index contributed by atoms with van der Waals surface area (Å²) in [7, 11) is 0. The standard InChI is InChI=1S/C12H9NS.C8H8/c1-3-7-11-9(5-1)13-10-6-2-4-8-12(10)14-11;1-2-8-6-4-3-5-7-8/h1-8,13H;2-7H,1H2. The number of hydrogen-bond acceptors (Lipinski definition) is 2. The fourth-order valence-corrected chi connectivity index (χ4v) is 3.16. The van der Waals surface area contributed by atoms with Gasteiger partial charge in [0.05, 0.1) is 11.4 Å². The third-order valence-electron chi connectivity index (χ3n) is 3.30. The van der Waals surface area contributed by atoms with Crippen molar-refractivity contribution < 1.29 is 0 Å². The Morgan fingerprint density at radius 1 is 0.682 bits per heavy atom. The summed E-state index contributed by atoms with van der Waals surface area (Å²) in [5.41, 5.74) is 3.58. The van der Waals surface area contributed by atoms with E-state index in [1.54, 1.807) is 0 Å². The van der Waals surface area contributed by atoms with E-state index in [-0.39, 0.29) is 0 Å². The number of hydrogen-bond donors (Lipinski definition) is 1. The molecular formula is C20H17NS. The van der Waals surface area contributed by atoms with Crippen molar-refractivity contribution >= 4 is 29.2 Å².